The van der Waals surface area contributed by atoms with Gasteiger partial charge in [0.15, 0.2) is 23.2 Å². The first kappa shape index (κ1) is 38.6. The van der Waals surface area contributed by atoms with Gasteiger partial charge in [0.25, 0.3) is 0 Å². The highest BCUT2D eigenvalue weighted by molar-refractivity contribution is 7.88. The van der Waals surface area contributed by atoms with E-state index >= 15 is 0 Å². The average molecular weight is 790 g/mol. The number of imidazole rings is 1. The van der Waals surface area contributed by atoms with Crippen molar-refractivity contribution < 1.29 is 46.5 Å². The van der Waals surface area contributed by atoms with Crippen LogP contribution in [0, 0.1) is 0 Å². The number of carbonyl (C=O) groups is 1. The lowest BCUT2D eigenvalue weighted by atomic mass is 9.99. The van der Waals surface area contributed by atoms with Gasteiger partial charge in [-0.3, -0.25) is 18.9 Å². The molecule has 6 N–H and O–H groups in total. The number of rotatable bonds is 13. The van der Waals surface area contributed by atoms with E-state index < -0.39 is 53.5 Å². The number of carbonyl (C=O) groups excluding carboxylic acids is 1. The van der Waals surface area contributed by atoms with Crippen LogP contribution in [0.5, 0.6) is 5.75 Å². The number of esters is 1. The molecule has 3 unspecified atom stereocenters. The molecule has 0 aliphatic carbocycles. The Morgan fingerprint density at radius 3 is 2.51 bits per heavy atom. The largest absolute Gasteiger partial charge is 0.462 e. The van der Waals surface area contributed by atoms with Crippen LogP contribution < -0.4 is 25.2 Å². The number of anilines is 2. The van der Waals surface area contributed by atoms with Crippen molar-refractivity contribution in [2.45, 2.75) is 57.1 Å². The van der Waals surface area contributed by atoms with Gasteiger partial charge < -0.3 is 29.9 Å². The fourth-order valence-corrected chi connectivity index (χ4v) is 7.63. The molecule has 4 aromatic rings. The Kier molecular flexibility index (Phi) is 10.9. The maximum atomic E-state index is 14.5. The van der Waals surface area contributed by atoms with E-state index in [1.54, 1.807) is 24.3 Å². The summed E-state index contributed by atoms with van der Waals surface area (Å²) in [6, 6.07) is 12.4. The third kappa shape index (κ3) is 8.72. The van der Waals surface area contributed by atoms with E-state index in [0.717, 1.165) is 11.3 Å². The Hall–Kier alpha value is -3.62. The number of halogens is 2. The predicted molar refractivity (Wildman–Crippen MR) is 186 cm³/mol. The molecule has 0 bridgehead atoms. The minimum Gasteiger partial charge on any atom is -0.459 e. The van der Waals surface area contributed by atoms with Crippen molar-refractivity contribution in [2.24, 2.45) is 0 Å². The van der Waals surface area contributed by atoms with Gasteiger partial charge in [-0.05, 0) is 51.1 Å². The van der Waals surface area contributed by atoms with Crippen LogP contribution in [0.3, 0.4) is 0 Å². The van der Waals surface area contributed by atoms with Gasteiger partial charge in [-0.15, -0.1) is 4.83 Å². The highest BCUT2D eigenvalue weighted by atomic mass is 35.5. The number of aliphatic hydroxyl groups is 2. The molecule has 0 amide bonds. The van der Waals surface area contributed by atoms with Crippen molar-refractivity contribution in [3.8, 4) is 5.75 Å². The fraction of sp³-hybridized carbons (Fsp3) is 0.379. The van der Waals surface area contributed by atoms with Crippen LogP contribution in [0.2, 0.25) is 10.0 Å². The standard InChI is InChI=1S/C29H35Cl2N8O10PS/c1-28(2,26(41)46-14-16-8-6-7-9-19(16)31)36-50(43,48-18-12-10-17(30)11-13-18)49-24-21(40)29(3,42)25(47-24)39-15-33-20-22(34-27(32)35-23(20)39)38(4)37-51(5,44)45/h6-13,15,21,24-25,37,40,42H,14H2,1-5H3,(H,36,43)(H2,32,34,35)/t21?,24?,25-,29-,50?/m1/s1. The van der Waals surface area contributed by atoms with E-state index in [4.69, 9.17) is 47.5 Å². The number of ether oxygens (including phenoxy) is 2. The normalized spacial score (nSPS) is 22.1. The third-order valence-electron chi connectivity index (χ3n) is 7.44. The number of sulfonamides is 1. The lowest BCUT2D eigenvalue weighted by molar-refractivity contribution is -0.152. The summed E-state index contributed by atoms with van der Waals surface area (Å²) in [6.45, 7) is 3.75. The Labute approximate surface area is 302 Å². The lowest BCUT2D eigenvalue weighted by Gasteiger charge is -2.31. The number of nitrogen functional groups attached to an aromatic ring is 1. The fourth-order valence-electron chi connectivity index (χ4n) is 4.97. The highest BCUT2D eigenvalue weighted by Gasteiger charge is 2.57. The molecule has 0 spiro atoms. The number of hydrogen-bond donors (Lipinski definition) is 5. The van der Waals surface area contributed by atoms with Gasteiger partial charge in [0.2, 0.25) is 22.3 Å². The number of aliphatic hydroxyl groups excluding tert-OH is 1. The molecule has 1 aliphatic rings. The molecule has 2 aromatic heterocycles. The number of hydrogen-bond acceptors (Lipinski definition) is 15. The number of nitrogens with zero attached hydrogens (tertiary/aromatic N) is 5. The first-order valence-corrected chi connectivity index (χ1v) is 19.1. The topological polar surface area (TPSA) is 243 Å². The van der Waals surface area contributed by atoms with Crippen molar-refractivity contribution in [1.29, 1.82) is 0 Å². The molecule has 18 nitrogen and oxygen atoms in total. The van der Waals surface area contributed by atoms with Crippen molar-refractivity contribution in [2.75, 3.05) is 24.0 Å². The van der Waals surface area contributed by atoms with E-state index in [0.29, 0.717) is 15.6 Å². The van der Waals surface area contributed by atoms with Crippen molar-refractivity contribution in [3.63, 3.8) is 0 Å². The number of benzene rings is 2. The molecule has 1 fully saturated rings. The summed E-state index contributed by atoms with van der Waals surface area (Å²) in [5, 5.41) is 27.2. The monoisotopic (exact) mass is 788 g/mol. The smallest absolute Gasteiger partial charge is 0.459 e. The van der Waals surface area contributed by atoms with E-state index in [9.17, 15) is 28.0 Å². The lowest BCUT2D eigenvalue weighted by Crippen LogP contribution is -2.48. The summed E-state index contributed by atoms with van der Waals surface area (Å²) in [7, 11) is -7.11. The van der Waals surface area contributed by atoms with Crippen LogP contribution >= 0.6 is 30.9 Å². The Balaban J connectivity index is 1.44. The van der Waals surface area contributed by atoms with Gasteiger partial charge in [0.05, 0.1) is 12.6 Å². The maximum Gasteiger partial charge on any atom is 0.462 e. The summed E-state index contributed by atoms with van der Waals surface area (Å²) in [4.78, 5) is 28.0. The molecule has 22 heteroatoms. The maximum absolute atomic E-state index is 14.5. The number of fused-ring (bicyclic) bond motifs is 1. The van der Waals surface area contributed by atoms with Crippen molar-refractivity contribution >= 4 is 69.9 Å². The van der Waals surface area contributed by atoms with E-state index in [1.165, 1.54) is 63.0 Å². The number of nitrogens with two attached hydrogens (primary N) is 1. The van der Waals surface area contributed by atoms with Gasteiger partial charge >= 0.3 is 13.7 Å². The predicted octanol–water partition coefficient (Wildman–Crippen LogP) is 2.90. The molecule has 5 atom stereocenters. The molecule has 276 valence electrons. The molecule has 0 radical (unpaired) electrons. The molecule has 1 aliphatic heterocycles. The molecule has 2 aromatic carbocycles. The van der Waals surface area contributed by atoms with Crippen LogP contribution in [-0.2, 0) is 40.0 Å². The summed E-state index contributed by atoms with van der Waals surface area (Å²) in [5.74, 6) is -1.20. The average Bonchev–Trinajstić information content (AvgIpc) is 3.53. The number of hydrazine groups is 1. The van der Waals surface area contributed by atoms with E-state index in [2.05, 4.69) is 24.9 Å². The second kappa shape index (κ2) is 14.4. The second-order valence-corrected chi connectivity index (χ2v) is 16.4. The van der Waals surface area contributed by atoms with Crippen LogP contribution in [0.1, 0.15) is 32.6 Å². The Morgan fingerprint density at radius 2 is 1.86 bits per heavy atom. The van der Waals surface area contributed by atoms with Crippen LogP contribution in [0.25, 0.3) is 11.2 Å². The van der Waals surface area contributed by atoms with E-state index in [-0.39, 0.29) is 35.3 Å². The van der Waals surface area contributed by atoms with Crippen molar-refractivity contribution in [1.82, 2.24) is 29.4 Å². The quantitative estimate of drug-likeness (QED) is 0.0743. The van der Waals surface area contributed by atoms with Crippen molar-refractivity contribution in [3.05, 3.63) is 70.5 Å². The minimum absolute atomic E-state index is 0.00149. The molecular weight excluding hydrogens is 754 g/mol. The Morgan fingerprint density at radius 1 is 1.20 bits per heavy atom. The SMILES string of the molecule is CN(NS(C)(=O)=O)c1nc(N)nc2c1ncn2[C@@H]1OC(OP(=O)(NC(C)(C)C(=O)OCc2ccccc2Cl)Oc2ccc(Cl)cc2)C(O)[C@@]1(C)O. The first-order valence-electron chi connectivity index (χ1n) is 14.9. The summed E-state index contributed by atoms with van der Waals surface area (Å²) >= 11 is 12.2. The van der Waals surface area contributed by atoms with Crippen LogP contribution in [-0.4, -0.2) is 81.0 Å². The zero-order chi connectivity index (χ0) is 37.5. The zero-order valence-electron chi connectivity index (χ0n) is 27.7. The number of nitrogens with one attached hydrogen (secondary N) is 2. The molecular formula is C29H35Cl2N8O10PS. The van der Waals surface area contributed by atoms with E-state index in [1.807, 2.05) is 0 Å². The third-order valence-corrected chi connectivity index (χ3v) is 10.4. The molecule has 0 saturated carbocycles. The van der Waals surface area contributed by atoms with Gasteiger partial charge in [0.1, 0.15) is 29.6 Å². The first-order chi connectivity index (χ1) is 23.7. The highest BCUT2D eigenvalue weighted by Crippen LogP contribution is 2.52. The second-order valence-electron chi connectivity index (χ2n) is 12.2. The Bertz CT molecular complexity index is 2090. The van der Waals surface area contributed by atoms with Gasteiger partial charge in [-0.2, -0.15) is 15.1 Å². The number of aromatic nitrogens is 4. The molecule has 3 heterocycles. The minimum atomic E-state index is -4.74. The summed E-state index contributed by atoms with van der Waals surface area (Å²) < 4.78 is 62.3. The summed E-state index contributed by atoms with van der Waals surface area (Å²) in [6.07, 6.45) is -3.16. The molecule has 5 rings (SSSR count). The van der Waals surface area contributed by atoms with Crippen LogP contribution in [0.15, 0.2) is 54.9 Å². The van der Waals surface area contributed by atoms with Gasteiger partial charge in [0, 0.05) is 22.7 Å². The summed E-state index contributed by atoms with van der Waals surface area (Å²) in [5.41, 5.74) is 2.54. The van der Waals surface area contributed by atoms with Crippen LogP contribution in [0.4, 0.5) is 11.8 Å². The zero-order valence-corrected chi connectivity index (χ0v) is 30.9. The van der Waals surface area contributed by atoms with Gasteiger partial charge in [-0.1, -0.05) is 41.4 Å². The molecule has 51 heavy (non-hydrogen) atoms. The van der Waals surface area contributed by atoms with Gasteiger partial charge in [-0.25, -0.2) is 18.0 Å². The molecule has 1 saturated heterocycles.